The van der Waals surface area contributed by atoms with Gasteiger partial charge >= 0.3 is 0 Å². The third-order valence-electron chi connectivity index (χ3n) is 3.71. The summed E-state index contributed by atoms with van der Waals surface area (Å²) in [6.07, 6.45) is 0.609. The molecule has 88 valence electrons. The Balaban J connectivity index is 2.23. The van der Waals surface area contributed by atoms with Gasteiger partial charge in [-0.15, -0.1) is 0 Å². The van der Waals surface area contributed by atoms with Gasteiger partial charge in [-0.3, -0.25) is 0 Å². The maximum atomic E-state index is 6.16. The van der Waals surface area contributed by atoms with Crippen molar-refractivity contribution in [3.8, 4) is 0 Å². The Labute approximate surface area is 112 Å². The molecule has 1 fully saturated rings. The van der Waals surface area contributed by atoms with Crippen LogP contribution in [0, 0.1) is 11.8 Å². The van der Waals surface area contributed by atoms with Crippen LogP contribution in [0.5, 0.6) is 0 Å². The fourth-order valence-corrected chi connectivity index (χ4v) is 3.37. The lowest BCUT2D eigenvalue weighted by Crippen LogP contribution is -2.40. The Kier molecular flexibility index (Phi) is 3.90. The van der Waals surface area contributed by atoms with Gasteiger partial charge in [-0.05, 0) is 24.3 Å². The second kappa shape index (κ2) is 5.05. The fourth-order valence-electron chi connectivity index (χ4n) is 2.41. The van der Waals surface area contributed by atoms with Crippen molar-refractivity contribution in [2.75, 3.05) is 0 Å². The zero-order valence-electron chi connectivity index (χ0n) is 10.1. The molecule has 0 radical (unpaired) electrons. The van der Waals surface area contributed by atoms with Gasteiger partial charge in [-0.25, -0.2) is 0 Å². The number of ether oxygens (including phenoxy) is 1. The molecule has 0 spiro atoms. The number of alkyl halides is 1. The Morgan fingerprint density at radius 1 is 1.00 bits per heavy atom. The molecular weight excluding hydrogens is 311 g/mol. The predicted octanol–water partition coefficient (Wildman–Crippen LogP) is 4.22. The van der Waals surface area contributed by atoms with E-state index in [0.29, 0.717) is 21.9 Å². The SMILES string of the molecule is C[C@@H]1[C@@H](I)[C@H](C)[C@@H](C)O[C@H]1c1ccccc1. The molecule has 16 heavy (non-hydrogen) atoms. The first-order chi connectivity index (χ1) is 7.61. The minimum Gasteiger partial charge on any atom is -0.370 e. The molecule has 1 saturated heterocycles. The third-order valence-corrected chi connectivity index (χ3v) is 5.98. The number of hydrogen-bond acceptors (Lipinski definition) is 1. The van der Waals surface area contributed by atoms with E-state index in [9.17, 15) is 0 Å². The highest BCUT2D eigenvalue weighted by Gasteiger charge is 2.38. The van der Waals surface area contributed by atoms with E-state index in [1.54, 1.807) is 0 Å². The van der Waals surface area contributed by atoms with E-state index in [-0.39, 0.29) is 6.10 Å². The average molecular weight is 330 g/mol. The molecule has 0 aromatic heterocycles. The molecule has 1 aromatic carbocycles. The number of benzene rings is 1. The summed E-state index contributed by atoms with van der Waals surface area (Å²) in [7, 11) is 0. The van der Waals surface area contributed by atoms with Crippen molar-refractivity contribution in [2.45, 2.75) is 36.9 Å². The highest BCUT2D eigenvalue weighted by Crippen LogP contribution is 2.42. The van der Waals surface area contributed by atoms with Crippen LogP contribution in [0.3, 0.4) is 0 Å². The van der Waals surface area contributed by atoms with Gasteiger partial charge in [0.1, 0.15) is 0 Å². The lowest BCUT2D eigenvalue weighted by atomic mass is 9.83. The van der Waals surface area contributed by atoms with Crippen LogP contribution in [0.25, 0.3) is 0 Å². The van der Waals surface area contributed by atoms with Gasteiger partial charge in [0, 0.05) is 3.92 Å². The lowest BCUT2D eigenvalue weighted by Gasteiger charge is -2.41. The van der Waals surface area contributed by atoms with Crippen LogP contribution in [-0.2, 0) is 4.74 Å². The summed E-state index contributed by atoms with van der Waals surface area (Å²) >= 11 is 2.59. The summed E-state index contributed by atoms with van der Waals surface area (Å²) in [5.74, 6) is 1.21. The molecule has 2 rings (SSSR count). The zero-order chi connectivity index (χ0) is 11.7. The van der Waals surface area contributed by atoms with E-state index in [1.165, 1.54) is 5.56 Å². The van der Waals surface area contributed by atoms with Gasteiger partial charge in [-0.1, -0.05) is 66.8 Å². The summed E-state index contributed by atoms with van der Waals surface area (Å²) in [4.78, 5) is 0. The van der Waals surface area contributed by atoms with Crippen LogP contribution in [0.1, 0.15) is 32.4 Å². The van der Waals surface area contributed by atoms with Gasteiger partial charge in [-0.2, -0.15) is 0 Å². The highest BCUT2D eigenvalue weighted by atomic mass is 127. The maximum Gasteiger partial charge on any atom is 0.0864 e. The highest BCUT2D eigenvalue weighted by molar-refractivity contribution is 14.1. The summed E-state index contributed by atoms with van der Waals surface area (Å²) in [5, 5.41) is 0. The molecule has 0 bridgehead atoms. The van der Waals surface area contributed by atoms with Crippen LogP contribution in [0.15, 0.2) is 30.3 Å². The number of halogens is 1. The van der Waals surface area contributed by atoms with Crippen molar-refractivity contribution in [3.05, 3.63) is 35.9 Å². The molecule has 0 unspecified atom stereocenters. The van der Waals surface area contributed by atoms with Crippen molar-refractivity contribution in [3.63, 3.8) is 0 Å². The molecule has 0 saturated carbocycles. The fraction of sp³-hybridized carbons (Fsp3) is 0.571. The molecule has 2 heteroatoms. The summed E-state index contributed by atoms with van der Waals surface area (Å²) in [6.45, 7) is 6.79. The minimum absolute atomic E-state index is 0.259. The van der Waals surface area contributed by atoms with Gasteiger partial charge in [0.2, 0.25) is 0 Å². The number of hydrogen-bond donors (Lipinski definition) is 0. The summed E-state index contributed by atoms with van der Waals surface area (Å²) in [6, 6.07) is 10.6. The van der Waals surface area contributed by atoms with Crippen LogP contribution < -0.4 is 0 Å². The second-order valence-electron chi connectivity index (χ2n) is 4.84. The topological polar surface area (TPSA) is 9.23 Å². The number of rotatable bonds is 1. The van der Waals surface area contributed by atoms with Crippen molar-refractivity contribution in [2.24, 2.45) is 11.8 Å². The predicted molar refractivity (Wildman–Crippen MR) is 75.9 cm³/mol. The van der Waals surface area contributed by atoms with Crippen molar-refractivity contribution < 1.29 is 4.74 Å². The van der Waals surface area contributed by atoms with Crippen molar-refractivity contribution >= 4 is 22.6 Å². The van der Waals surface area contributed by atoms with Gasteiger partial charge in [0.25, 0.3) is 0 Å². The Bertz CT molecular complexity index is 338. The normalized spacial score (nSPS) is 39.6. The summed E-state index contributed by atoms with van der Waals surface area (Å²) in [5.41, 5.74) is 1.32. The van der Waals surface area contributed by atoms with Gasteiger partial charge in [0.05, 0.1) is 12.2 Å². The molecule has 1 aliphatic rings. The first kappa shape index (κ1) is 12.4. The Morgan fingerprint density at radius 2 is 1.62 bits per heavy atom. The second-order valence-corrected chi connectivity index (χ2v) is 6.27. The van der Waals surface area contributed by atoms with Gasteiger partial charge in [0.15, 0.2) is 0 Å². The summed E-state index contributed by atoms with van der Waals surface area (Å²) < 4.78 is 6.85. The van der Waals surface area contributed by atoms with Crippen LogP contribution in [-0.4, -0.2) is 10.0 Å². The average Bonchev–Trinajstić information content (AvgIpc) is 2.32. The third kappa shape index (κ3) is 2.28. The van der Waals surface area contributed by atoms with Crippen molar-refractivity contribution in [1.82, 2.24) is 0 Å². The van der Waals surface area contributed by atoms with E-state index in [4.69, 9.17) is 4.74 Å². The molecule has 1 aromatic rings. The first-order valence-corrected chi connectivity index (χ1v) is 7.20. The lowest BCUT2D eigenvalue weighted by molar-refractivity contribution is -0.0936. The largest absolute Gasteiger partial charge is 0.370 e. The smallest absolute Gasteiger partial charge is 0.0864 e. The molecule has 0 amide bonds. The van der Waals surface area contributed by atoms with E-state index in [1.807, 2.05) is 0 Å². The molecular formula is C14H19IO. The quantitative estimate of drug-likeness (QED) is 0.553. The molecule has 1 aliphatic heterocycles. The van der Waals surface area contributed by atoms with Crippen LogP contribution in [0.2, 0.25) is 0 Å². The molecule has 0 aliphatic carbocycles. The first-order valence-electron chi connectivity index (χ1n) is 5.95. The van der Waals surface area contributed by atoms with Crippen molar-refractivity contribution in [1.29, 1.82) is 0 Å². The Morgan fingerprint density at radius 3 is 2.25 bits per heavy atom. The van der Waals surface area contributed by atoms with Crippen LogP contribution >= 0.6 is 22.6 Å². The minimum atomic E-state index is 0.259. The molecule has 0 N–H and O–H groups in total. The maximum absolute atomic E-state index is 6.16. The van der Waals surface area contributed by atoms with Gasteiger partial charge < -0.3 is 4.74 Å². The molecule has 5 atom stereocenters. The van der Waals surface area contributed by atoms with E-state index < -0.39 is 0 Å². The standard InChI is InChI=1S/C14H19IO/c1-9-11(3)16-14(10(2)13(9)15)12-7-5-4-6-8-12/h4-11,13-14H,1-3H3/t9-,10-,11-,13+,14-/m1/s1. The van der Waals surface area contributed by atoms with E-state index >= 15 is 0 Å². The van der Waals surface area contributed by atoms with Crippen LogP contribution in [0.4, 0.5) is 0 Å². The Hall–Kier alpha value is -0.0900. The molecule has 1 heterocycles. The van der Waals surface area contributed by atoms with E-state index in [2.05, 4.69) is 73.7 Å². The zero-order valence-corrected chi connectivity index (χ0v) is 12.2. The van der Waals surface area contributed by atoms with E-state index in [0.717, 1.165) is 0 Å². The monoisotopic (exact) mass is 330 g/mol. The molecule has 1 nitrogen and oxygen atoms in total.